The Morgan fingerprint density at radius 1 is 1.20 bits per heavy atom. The number of nitrogen functional groups attached to an aromatic ring is 1. The van der Waals surface area contributed by atoms with Crippen LogP contribution in [0, 0.1) is 13.8 Å². The summed E-state index contributed by atoms with van der Waals surface area (Å²) >= 11 is 0. The predicted octanol–water partition coefficient (Wildman–Crippen LogP) is 2.34. The standard InChI is InChI=1S/C12H13N3/c1-8-4-3-5-10(6-8)12-14-7-9(2)11(13)15-12/h3-7H,1-2H3,(H2,13,14,15). The summed E-state index contributed by atoms with van der Waals surface area (Å²) in [6.07, 6.45) is 1.75. The summed E-state index contributed by atoms with van der Waals surface area (Å²) in [4.78, 5) is 8.51. The monoisotopic (exact) mass is 199 g/mol. The first kappa shape index (κ1) is 9.65. The zero-order chi connectivity index (χ0) is 10.8. The number of nitrogens with zero attached hydrogens (tertiary/aromatic N) is 2. The van der Waals surface area contributed by atoms with E-state index in [1.54, 1.807) is 6.20 Å². The minimum Gasteiger partial charge on any atom is -0.383 e. The first-order valence-corrected chi connectivity index (χ1v) is 4.83. The van der Waals surface area contributed by atoms with Gasteiger partial charge in [-0.2, -0.15) is 0 Å². The SMILES string of the molecule is Cc1cccc(-c2ncc(C)c(N)n2)c1. The molecule has 0 saturated heterocycles. The van der Waals surface area contributed by atoms with Crippen LogP contribution >= 0.6 is 0 Å². The van der Waals surface area contributed by atoms with Gasteiger partial charge in [0, 0.05) is 17.3 Å². The Hall–Kier alpha value is -1.90. The molecular formula is C12H13N3. The van der Waals surface area contributed by atoms with Crippen LogP contribution in [0.3, 0.4) is 0 Å². The lowest BCUT2D eigenvalue weighted by atomic mass is 10.1. The van der Waals surface area contributed by atoms with Crippen molar-refractivity contribution in [3.8, 4) is 11.4 Å². The molecule has 0 aliphatic rings. The molecule has 0 amide bonds. The quantitative estimate of drug-likeness (QED) is 0.767. The van der Waals surface area contributed by atoms with Crippen molar-refractivity contribution in [3.05, 3.63) is 41.6 Å². The highest BCUT2D eigenvalue weighted by molar-refractivity contribution is 5.58. The predicted molar refractivity (Wildman–Crippen MR) is 61.4 cm³/mol. The molecule has 0 atom stereocenters. The van der Waals surface area contributed by atoms with E-state index in [0.717, 1.165) is 11.1 Å². The van der Waals surface area contributed by atoms with Crippen LogP contribution in [0.4, 0.5) is 5.82 Å². The average molecular weight is 199 g/mol. The van der Waals surface area contributed by atoms with E-state index in [2.05, 4.69) is 9.97 Å². The summed E-state index contributed by atoms with van der Waals surface area (Å²) in [5.41, 5.74) is 8.85. The second kappa shape index (κ2) is 3.69. The highest BCUT2D eigenvalue weighted by Gasteiger charge is 2.03. The number of rotatable bonds is 1. The average Bonchev–Trinajstić information content (AvgIpc) is 2.22. The zero-order valence-corrected chi connectivity index (χ0v) is 8.86. The van der Waals surface area contributed by atoms with E-state index in [-0.39, 0.29) is 0 Å². The Kier molecular flexibility index (Phi) is 2.37. The number of anilines is 1. The molecule has 0 bridgehead atoms. The summed E-state index contributed by atoms with van der Waals surface area (Å²) in [5, 5.41) is 0. The number of aromatic nitrogens is 2. The van der Waals surface area contributed by atoms with Gasteiger partial charge < -0.3 is 5.73 Å². The van der Waals surface area contributed by atoms with Crippen LogP contribution in [0.15, 0.2) is 30.5 Å². The maximum Gasteiger partial charge on any atom is 0.161 e. The molecule has 0 radical (unpaired) electrons. The van der Waals surface area contributed by atoms with E-state index in [1.807, 2.05) is 38.1 Å². The van der Waals surface area contributed by atoms with E-state index in [9.17, 15) is 0 Å². The van der Waals surface area contributed by atoms with E-state index in [4.69, 9.17) is 5.73 Å². The Morgan fingerprint density at radius 3 is 2.67 bits per heavy atom. The second-order valence-corrected chi connectivity index (χ2v) is 3.63. The lowest BCUT2D eigenvalue weighted by molar-refractivity contribution is 1.15. The van der Waals surface area contributed by atoms with Gasteiger partial charge in [-0.3, -0.25) is 0 Å². The maximum absolute atomic E-state index is 5.74. The van der Waals surface area contributed by atoms with Crippen molar-refractivity contribution in [3.63, 3.8) is 0 Å². The molecule has 2 N–H and O–H groups in total. The van der Waals surface area contributed by atoms with Crippen molar-refractivity contribution in [2.75, 3.05) is 5.73 Å². The normalized spacial score (nSPS) is 10.3. The first-order valence-electron chi connectivity index (χ1n) is 4.83. The van der Waals surface area contributed by atoms with Gasteiger partial charge >= 0.3 is 0 Å². The van der Waals surface area contributed by atoms with Gasteiger partial charge in [-0.25, -0.2) is 9.97 Å². The van der Waals surface area contributed by atoms with Gasteiger partial charge in [0.15, 0.2) is 5.82 Å². The van der Waals surface area contributed by atoms with Gasteiger partial charge in [-0.05, 0) is 19.9 Å². The molecule has 1 aromatic carbocycles. The van der Waals surface area contributed by atoms with Gasteiger partial charge in [0.2, 0.25) is 0 Å². The van der Waals surface area contributed by atoms with Gasteiger partial charge in [-0.15, -0.1) is 0 Å². The number of benzene rings is 1. The molecule has 0 aliphatic heterocycles. The summed E-state index contributed by atoms with van der Waals surface area (Å²) in [6, 6.07) is 8.06. The molecule has 0 unspecified atom stereocenters. The molecule has 2 aromatic rings. The van der Waals surface area contributed by atoms with Crippen LogP contribution in [-0.4, -0.2) is 9.97 Å². The highest BCUT2D eigenvalue weighted by atomic mass is 14.9. The molecule has 0 saturated carbocycles. The smallest absolute Gasteiger partial charge is 0.161 e. The van der Waals surface area contributed by atoms with Crippen LogP contribution in [-0.2, 0) is 0 Å². The molecule has 3 heteroatoms. The lowest BCUT2D eigenvalue weighted by Gasteiger charge is -2.03. The second-order valence-electron chi connectivity index (χ2n) is 3.63. The largest absolute Gasteiger partial charge is 0.383 e. The van der Waals surface area contributed by atoms with Crippen molar-refractivity contribution in [2.24, 2.45) is 0 Å². The topological polar surface area (TPSA) is 51.8 Å². The first-order chi connectivity index (χ1) is 7.16. The summed E-state index contributed by atoms with van der Waals surface area (Å²) in [7, 11) is 0. The van der Waals surface area contributed by atoms with Crippen LogP contribution < -0.4 is 5.73 Å². The number of aryl methyl sites for hydroxylation is 2. The van der Waals surface area contributed by atoms with Crippen molar-refractivity contribution < 1.29 is 0 Å². The van der Waals surface area contributed by atoms with Gasteiger partial charge in [0.05, 0.1) is 0 Å². The van der Waals surface area contributed by atoms with Crippen molar-refractivity contribution in [1.82, 2.24) is 9.97 Å². The zero-order valence-electron chi connectivity index (χ0n) is 8.86. The maximum atomic E-state index is 5.74. The van der Waals surface area contributed by atoms with Crippen LogP contribution in [0.2, 0.25) is 0 Å². The number of hydrogen-bond donors (Lipinski definition) is 1. The molecule has 2 rings (SSSR count). The third-order valence-corrected chi connectivity index (χ3v) is 2.29. The Bertz CT molecular complexity index is 492. The van der Waals surface area contributed by atoms with Crippen molar-refractivity contribution >= 4 is 5.82 Å². The Labute approximate surface area is 89.0 Å². The van der Waals surface area contributed by atoms with Crippen LogP contribution in [0.25, 0.3) is 11.4 Å². The lowest BCUT2D eigenvalue weighted by Crippen LogP contribution is -1.98. The Balaban J connectivity index is 2.50. The van der Waals surface area contributed by atoms with Gasteiger partial charge in [0.1, 0.15) is 5.82 Å². The molecule has 0 spiro atoms. The number of hydrogen-bond acceptors (Lipinski definition) is 3. The molecule has 1 aromatic heterocycles. The summed E-state index contributed by atoms with van der Waals surface area (Å²) in [6.45, 7) is 3.94. The molecule has 3 nitrogen and oxygen atoms in total. The van der Waals surface area contributed by atoms with E-state index >= 15 is 0 Å². The van der Waals surface area contributed by atoms with Gasteiger partial charge in [-0.1, -0.05) is 23.8 Å². The molecule has 1 heterocycles. The third-order valence-electron chi connectivity index (χ3n) is 2.29. The van der Waals surface area contributed by atoms with Crippen molar-refractivity contribution in [1.29, 1.82) is 0 Å². The molecule has 76 valence electrons. The summed E-state index contributed by atoms with van der Waals surface area (Å²) in [5.74, 6) is 1.23. The van der Waals surface area contributed by atoms with E-state index in [1.165, 1.54) is 5.56 Å². The molecule has 0 fully saturated rings. The molecule has 15 heavy (non-hydrogen) atoms. The highest BCUT2D eigenvalue weighted by Crippen LogP contribution is 2.17. The fraction of sp³-hybridized carbons (Fsp3) is 0.167. The number of nitrogens with two attached hydrogens (primary N) is 1. The fourth-order valence-corrected chi connectivity index (χ4v) is 1.38. The molecular weight excluding hydrogens is 186 g/mol. The summed E-state index contributed by atoms with van der Waals surface area (Å²) < 4.78 is 0. The Morgan fingerprint density at radius 2 is 2.00 bits per heavy atom. The van der Waals surface area contributed by atoms with Crippen molar-refractivity contribution in [2.45, 2.75) is 13.8 Å². The van der Waals surface area contributed by atoms with Gasteiger partial charge in [0.25, 0.3) is 0 Å². The fourth-order valence-electron chi connectivity index (χ4n) is 1.38. The van der Waals surface area contributed by atoms with E-state index < -0.39 is 0 Å². The molecule has 0 aliphatic carbocycles. The van der Waals surface area contributed by atoms with E-state index in [0.29, 0.717) is 11.6 Å². The van der Waals surface area contributed by atoms with Crippen LogP contribution in [0.5, 0.6) is 0 Å². The van der Waals surface area contributed by atoms with Crippen LogP contribution in [0.1, 0.15) is 11.1 Å². The minimum atomic E-state index is 0.543. The minimum absolute atomic E-state index is 0.543. The third kappa shape index (κ3) is 1.96.